The zero-order chi connectivity index (χ0) is 17.1. The Morgan fingerprint density at radius 3 is 2.80 bits per heavy atom. The zero-order valence-corrected chi connectivity index (χ0v) is 14.7. The summed E-state index contributed by atoms with van der Waals surface area (Å²) in [7, 11) is 0. The summed E-state index contributed by atoms with van der Waals surface area (Å²) in [4.78, 5) is 18.6. The van der Waals surface area contributed by atoms with Gasteiger partial charge in [0, 0.05) is 37.9 Å². The molecule has 0 radical (unpaired) electrons. The molecule has 3 aromatic rings. The molecule has 0 atom stereocenters. The van der Waals surface area contributed by atoms with Crippen molar-refractivity contribution in [2.45, 2.75) is 25.8 Å². The van der Waals surface area contributed by atoms with Crippen LogP contribution in [0.2, 0.25) is 0 Å². The monoisotopic (exact) mass is 353 g/mol. The summed E-state index contributed by atoms with van der Waals surface area (Å²) in [6.07, 6.45) is 1.88. The Balaban J connectivity index is 1.44. The van der Waals surface area contributed by atoms with E-state index in [1.165, 1.54) is 16.9 Å². The Bertz CT molecular complexity index is 844. The van der Waals surface area contributed by atoms with Gasteiger partial charge in [0.05, 0.1) is 17.6 Å². The minimum absolute atomic E-state index is 0.134. The maximum Gasteiger partial charge on any atom is 0.228 e. The molecule has 0 fully saturated rings. The van der Waals surface area contributed by atoms with E-state index in [0.29, 0.717) is 19.5 Å². The quantitative estimate of drug-likeness (QED) is 0.719. The molecule has 0 bridgehead atoms. The number of thiazole rings is 1. The van der Waals surface area contributed by atoms with Gasteiger partial charge in [0.15, 0.2) is 0 Å². The average Bonchev–Trinajstić information content (AvgIpc) is 3.21. The Hall–Kier alpha value is -2.54. The minimum Gasteiger partial charge on any atom is -0.340 e. The molecular formula is C18H19N5OS. The van der Waals surface area contributed by atoms with Crippen molar-refractivity contribution in [3.8, 4) is 0 Å². The fraction of sp³-hybridized carbons (Fsp3) is 0.333. The lowest BCUT2D eigenvalue weighted by Crippen LogP contribution is -2.35. The van der Waals surface area contributed by atoms with Crippen LogP contribution in [-0.4, -0.2) is 43.6 Å². The highest BCUT2D eigenvalue weighted by molar-refractivity contribution is 7.07. The molecule has 0 aliphatic carbocycles. The van der Waals surface area contributed by atoms with E-state index >= 15 is 0 Å². The second kappa shape index (κ2) is 7.14. The van der Waals surface area contributed by atoms with Crippen molar-refractivity contribution >= 4 is 17.2 Å². The first-order valence-electron chi connectivity index (χ1n) is 8.39. The van der Waals surface area contributed by atoms with Crippen LogP contribution < -0.4 is 0 Å². The molecule has 3 heterocycles. The van der Waals surface area contributed by atoms with Crippen LogP contribution in [-0.2, 0) is 30.6 Å². The molecule has 0 spiro atoms. The summed E-state index contributed by atoms with van der Waals surface area (Å²) >= 11 is 1.52. The Labute approximate surface area is 150 Å². The molecule has 1 aromatic carbocycles. The Morgan fingerprint density at radius 2 is 2.00 bits per heavy atom. The standard InChI is InChI=1S/C18H19N5OS/c24-18(11-15-12-25-13-19-15)22-7-6-16-20-21-17(23(16)9-8-22)10-14-4-2-1-3-5-14/h1-5,12-13H,6-11H2. The van der Waals surface area contributed by atoms with E-state index in [4.69, 9.17) is 0 Å². The molecule has 1 amide bonds. The van der Waals surface area contributed by atoms with Crippen molar-refractivity contribution in [2.75, 3.05) is 13.1 Å². The van der Waals surface area contributed by atoms with Crippen LogP contribution in [0.15, 0.2) is 41.2 Å². The SMILES string of the molecule is O=C(Cc1cscn1)N1CCc2nnc(Cc3ccccc3)n2CC1. The van der Waals surface area contributed by atoms with Crippen molar-refractivity contribution in [1.29, 1.82) is 0 Å². The number of nitrogens with zero attached hydrogens (tertiary/aromatic N) is 5. The van der Waals surface area contributed by atoms with Gasteiger partial charge in [-0.3, -0.25) is 4.79 Å². The molecule has 1 aliphatic rings. The third-order valence-corrected chi connectivity index (χ3v) is 5.11. The van der Waals surface area contributed by atoms with Crippen molar-refractivity contribution in [1.82, 2.24) is 24.6 Å². The Morgan fingerprint density at radius 1 is 1.12 bits per heavy atom. The van der Waals surface area contributed by atoms with E-state index in [1.807, 2.05) is 28.5 Å². The molecule has 2 aromatic heterocycles. The van der Waals surface area contributed by atoms with Gasteiger partial charge in [0.25, 0.3) is 0 Å². The van der Waals surface area contributed by atoms with Gasteiger partial charge in [0.1, 0.15) is 11.6 Å². The van der Waals surface area contributed by atoms with E-state index in [9.17, 15) is 4.79 Å². The van der Waals surface area contributed by atoms with Crippen LogP contribution >= 0.6 is 11.3 Å². The highest BCUT2D eigenvalue weighted by atomic mass is 32.1. The zero-order valence-electron chi connectivity index (χ0n) is 13.8. The van der Waals surface area contributed by atoms with Gasteiger partial charge in [-0.2, -0.15) is 0 Å². The van der Waals surface area contributed by atoms with Crippen LogP contribution in [0.25, 0.3) is 0 Å². The van der Waals surface area contributed by atoms with Gasteiger partial charge < -0.3 is 9.47 Å². The van der Waals surface area contributed by atoms with Crippen molar-refractivity contribution < 1.29 is 4.79 Å². The van der Waals surface area contributed by atoms with E-state index in [1.54, 1.807) is 5.51 Å². The molecule has 0 saturated heterocycles. The number of carbonyl (C=O) groups excluding carboxylic acids is 1. The fourth-order valence-corrected chi connectivity index (χ4v) is 3.69. The maximum atomic E-state index is 12.5. The maximum absolute atomic E-state index is 12.5. The predicted molar refractivity (Wildman–Crippen MR) is 95.4 cm³/mol. The largest absolute Gasteiger partial charge is 0.340 e. The smallest absolute Gasteiger partial charge is 0.228 e. The second-order valence-corrected chi connectivity index (χ2v) is 6.85. The van der Waals surface area contributed by atoms with Crippen molar-refractivity contribution in [2.24, 2.45) is 0 Å². The summed E-state index contributed by atoms with van der Waals surface area (Å²) in [5.74, 6) is 2.07. The summed E-state index contributed by atoms with van der Waals surface area (Å²) in [5.41, 5.74) is 3.84. The molecule has 128 valence electrons. The van der Waals surface area contributed by atoms with E-state index in [0.717, 1.165) is 36.7 Å². The predicted octanol–water partition coefficient (Wildman–Crippen LogP) is 1.95. The number of aromatic nitrogens is 4. The molecule has 6 nitrogen and oxygen atoms in total. The molecule has 4 rings (SSSR count). The topological polar surface area (TPSA) is 63.9 Å². The summed E-state index contributed by atoms with van der Waals surface area (Å²) in [6.45, 7) is 2.12. The van der Waals surface area contributed by atoms with Crippen LogP contribution in [0, 0.1) is 0 Å². The third-order valence-electron chi connectivity index (χ3n) is 4.48. The number of hydrogen-bond donors (Lipinski definition) is 0. The molecular weight excluding hydrogens is 334 g/mol. The van der Waals surface area contributed by atoms with E-state index in [2.05, 4.69) is 31.9 Å². The van der Waals surface area contributed by atoms with Gasteiger partial charge in [-0.15, -0.1) is 21.5 Å². The number of amides is 1. The van der Waals surface area contributed by atoms with E-state index < -0.39 is 0 Å². The first-order chi connectivity index (χ1) is 12.3. The number of rotatable bonds is 4. The van der Waals surface area contributed by atoms with Crippen LogP contribution in [0.5, 0.6) is 0 Å². The lowest BCUT2D eigenvalue weighted by atomic mass is 10.1. The number of benzene rings is 1. The third kappa shape index (κ3) is 3.61. The molecule has 7 heteroatoms. The fourth-order valence-electron chi connectivity index (χ4n) is 3.13. The first-order valence-corrected chi connectivity index (χ1v) is 9.33. The lowest BCUT2D eigenvalue weighted by Gasteiger charge is -2.19. The van der Waals surface area contributed by atoms with Crippen molar-refractivity contribution in [3.63, 3.8) is 0 Å². The van der Waals surface area contributed by atoms with Gasteiger partial charge in [-0.1, -0.05) is 30.3 Å². The molecule has 1 aliphatic heterocycles. The van der Waals surface area contributed by atoms with Crippen LogP contribution in [0.4, 0.5) is 0 Å². The summed E-state index contributed by atoms with van der Waals surface area (Å²) < 4.78 is 2.17. The normalized spacial score (nSPS) is 14.2. The van der Waals surface area contributed by atoms with Crippen LogP contribution in [0.1, 0.15) is 22.9 Å². The van der Waals surface area contributed by atoms with Gasteiger partial charge in [-0.05, 0) is 5.56 Å². The lowest BCUT2D eigenvalue weighted by molar-refractivity contribution is -0.130. The van der Waals surface area contributed by atoms with Gasteiger partial charge in [0.2, 0.25) is 5.91 Å². The summed E-state index contributed by atoms with van der Waals surface area (Å²) in [6, 6.07) is 10.3. The van der Waals surface area contributed by atoms with Crippen molar-refractivity contribution in [3.05, 3.63) is 64.1 Å². The highest BCUT2D eigenvalue weighted by Gasteiger charge is 2.22. The van der Waals surface area contributed by atoms with Gasteiger partial charge in [-0.25, -0.2) is 4.98 Å². The Kier molecular flexibility index (Phi) is 4.56. The molecule has 0 N–H and O–H groups in total. The summed E-state index contributed by atoms with van der Waals surface area (Å²) in [5, 5.41) is 10.6. The number of hydrogen-bond acceptors (Lipinski definition) is 5. The van der Waals surface area contributed by atoms with Gasteiger partial charge >= 0.3 is 0 Å². The first kappa shape index (κ1) is 16.0. The number of carbonyl (C=O) groups is 1. The highest BCUT2D eigenvalue weighted by Crippen LogP contribution is 2.14. The average molecular weight is 353 g/mol. The molecule has 0 saturated carbocycles. The van der Waals surface area contributed by atoms with Crippen LogP contribution in [0.3, 0.4) is 0 Å². The number of fused-ring (bicyclic) bond motifs is 1. The minimum atomic E-state index is 0.134. The molecule has 25 heavy (non-hydrogen) atoms. The second-order valence-electron chi connectivity index (χ2n) is 6.13. The van der Waals surface area contributed by atoms with E-state index in [-0.39, 0.29) is 5.91 Å². The molecule has 0 unspecified atom stereocenters.